The summed E-state index contributed by atoms with van der Waals surface area (Å²) in [6.45, 7) is 2.19. The van der Waals surface area contributed by atoms with Crippen LogP contribution in [-0.4, -0.2) is 25.2 Å². The first kappa shape index (κ1) is 20.2. The highest BCUT2D eigenvalue weighted by atomic mass is 127. The van der Waals surface area contributed by atoms with E-state index in [2.05, 4.69) is 27.3 Å². The Hall–Kier alpha value is -0.830. The predicted molar refractivity (Wildman–Crippen MR) is 99.0 cm³/mol. The number of hydrogen-bond donors (Lipinski definition) is 2. The van der Waals surface area contributed by atoms with Crippen LogP contribution in [0.4, 0.5) is 8.78 Å². The number of ether oxygens (including phenoxy) is 1. The van der Waals surface area contributed by atoms with Crippen LogP contribution in [0.3, 0.4) is 0 Å². The Bertz CT molecular complexity index is 545. The second kappa shape index (κ2) is 9.46. The minimum atomic E-state index is -2.87. The van der Waals surface area contributed by atoms with Gasteiger partial charge in [0.25, 0.3) is 0 Å². The van der Waals surface area contributed by atoms with Crippen LogP contribution in [0.25, 0.3) is 0 Å². The van der Waals surface area contributed by atoms with Crippen molar-refractivity contribution in [3.63, 3.8) is 0 Å². The van der Waals surface area contributed by atoms with E-state index in [0.717, 1.165) is 13.0 Å². The topological polar surface area (TPSA) is 45.7 Å². The van der Waals surface area contributed by atoms with Gasteiger partial charge in [-0.15, -0.1) is 24.0 Å². The molecule has 1 saturated carbocycles. The molecule has 1 aromatic carbocycles. The number of aliphatic imine (C=N–C) groups is 1. The van der Waals surface area contributed by atoms with Gasteiger partial charge in [0, 0.05) is 23.2 Å². The number of benzene rings is 1. The molecule has 8 heteroatoms. The molecule has 1 aliphatic rings. The molecule has 0 aromatic heterocycles. The molecular weight excluding hydrogens is 439 g/mol. The average Bonchev–Trinajstić information content (AvgIpc) is 3.14. The van der Waals surface area contributed by atoms with Gasteiger partial charge in [-0.25, -0.2) is 4.99 Å². The summed E-state index contributed by atoms with van der Waals surface area (Å²) in [5.41, 5.74) is 0.522. The summed E-state index contributed by atoms with van der Waals surface area (Å²) in [5, 5.41) is 6.90. The number of nitrogens with zero attached hydrogens (tertiary/aromatic N) is 1. The Morgan fingerprint density at radius 2 is 2.17 bits per heavy atom. The first-order chi connectivity index (χ1) is 10.5. The summed E-state index contributed by atoms with van der Waals surface area (Å²) in [6.07, 6.45) is 1.11. The van der Waals surface area contributed by atoms with Crippen LogP contribution in [0.1, 0.15) is 25.8 Å². The molecule has 2 rings (SSSR count). The van der Waals surface area contributed by atoms with Gasteiger partial charge in [0.05, 0.1) is 6.54 Å². The van der Waals surface area contributed by atoms with Crippen LogP contribution >= 0.6 is 35.6 Å². The molecule has 0 heterocycles. The van der Waals surface area contributed by atoms with Gasteiger partial charge in [0.2, 0.25) is 0 Å². The average molecular weight is 460 g/mol. The van der Waals surface area contributed by atoms with Crippen molar-refractivity contribution in [2.24, 2.45) is 10.9 Å². The molecule has 23 heavy (non-hydrogen) atoms. The SMILES string of the molecule is CCNC(=NCc1cc(Cl)ccc1OC(F)F)NC1CC1C.I. The van der Waals surface area contributed by atoms with Crippen molar-refractivity contribution in [3.8, 4) is 5.75 Å². The smallest absolute Gasteiger partial charge is 0.387 e. The maximum absolute atomic E-state index is 12.4. The van der Waals surface area contributed by atoms with E-state index in [4.69, 9.17) is 11.6 Å². The van der Waals surface area contributed by atoms with Crippen molar-refractivity contribution in [1.29, 1.82) is 0 Å². The van der Waals surface area contributed by atoms with E-state index >= 15 is 0 Å². The third kappa shape index (κ3) is 6.66. The van der Waals surface area contributed by atoms with Crippen molar-refractivity contribution in [2.45, 2.75) is 39.5 Å². The summed E-state index contributed by atoms with van der Waals surface area (Å²) in [7, 11) is 0. The Kier molecular flexibility index (Phi) is 8.32. The van der Waals surface area contributed by atoms with Crippen molar-refractivity contribution >= 4 is 41.5 Å². The standard InChI is InChI=1S/C15H20ClF2N3O.HI/c1-3-19-15(21-12-6-9(12)2)20-8-10-7-11(16)4-5-13(10)22-14(17)18;/h4-5,7,9,12,14H,3,6,8H2,1-2H3,(H2,19,20,21);1H. The summed E-state index contributed by atoms with van der Waals surface area (Å²) < 4.78 is 29.4. The lowest BCUT2D eigenvalue weighted by molar-refractivity contribution is -0.0504. The van der Waals surface area contributed by atoms with Gasteiger partial charge in [-0.3, -0.25) is 0 Å². The summed E-state index contributed by atoms with van der Waals surface area (Å²) in [5.74, 6) is 1.39. The van der Waals surface area contributed by atoms with Gasteiger partial charge < -0.3 is 15.4 Å². The third-order valence-corrected chi connectivity index (χ3v) is 3.66. The zero-order valence-corrected chi connectivity index (χ0v) is 16.1. The maximum atomic E-state index is 12.4. The largest absolute Gasteiger partial charge is 0.434 e. The number of hydrogen-bond acceptors (Lipinski definition) is 2. The molecule has 0 radical (unpaired) electrons. The molecule has 0 saturated heterocycles. The lowest BCUT2D eigenvalue weighted by atomic mass is 10.2. The van der Waals surface area contributed by atoms with E-state index in [9.17, 15) is 8.78 Å². The highest BCUT2D eigenvalue weighted by molar-refractivity contribution is 14.0. The van der Waals surface area contributed by atoms with Gasteiger partial charge in [-0.2, -0.15) is 8.78 Å². The van der Waals surface area contributed by atoms with Crippen LogP contribution in [0.2, 0.25) is 5.02 Å². The number of nitrogens with one attached hydrogen (secondary N) is 2. The van der Waals surface area contributed by atoms with Crippen molar-refractivity contribution in [1.82, 2.24) is 10.6 Å². The second-order valence-corrected chi connectivity index (χ2v) is 5.73. The lowest BCUT2D eigenvalue weighted by Gasteiger charge is -2.13. The number of rotatable bonds is 6. The van der Waals surface area contributed by atoms with Crippen LogP contribution < -0.4 is 15.4 Å². The molecule has 0 spiro atoms. The van der Waals surface area contributed by atoms with Crippen LogP contribution in [0.15, 0.2) is 23.2 Å². The van der Waals surface area contributed by atoms with E-state index in [1.165, 1.54) is 12.1 Å². The molecule has 2 N–H and O–H groups in total. The van der Waals surface area contributed by atoms with E-state index < -0.39 is 6.61 Å². The van der Waals surface area contributed by atoms with Crippen molar-refractivity contribution < 1.29 is 13.5 Å². The minimum absolute atomic E-state index is 0. The fourth-order valence-electron chi connectivity index (χ4n) is 2.07. The van der Waals surface area contributed by atoms with Gasteiger partial charge in [0.1, 0.15) is 5.75 Å². The van der Waals surface area contributed by atoms with Gasteiger partial charge in [0.15, 0.2) is 5.96 Å². The predicted octanol–water partition coefficient (Wildman–Crippen LogP) is 4.02. The molecule has 0 amide bonds. The maximum Gasteiger partial charge on any atom is 0.387 e. The third-order valence-electron chi connectivity index (χ3n) is 3.42. The number of guanidine groups is 1. The van der Waals surface area contributed by atoms with Crippen molar-refractivity contribution in [2.75, 3.05) is 6.54 Å². The van der Waals surface area contributed by atoms with Gasteiger partial charge >= 0.3 is 6.61 Å². The molecule has 1 aliphatic carbocycles. The first-order valence-corrected chi connectivity index (χ1v) is 7.65. The molecule has 0 aliphatic heterocycles. The highest BCUT2D eigenvalue weighted by Crippen LogP contribution is 2.29. The monoisotopic (exact) mass is 459 g/mol. The zero-order chi connectivity index (χ0) is 16.1. The summed E-state index contributed by atoms with van der Waals surface area (Å²) in [4.78, 5) is 4.42. The Morgan fingerprint density at radius 3 is 2.74 bits per heavy atom. The van der Waals surface area contributed by atoms with Crippen molar-refractivity contribution in [3.05, 3.63) is 28.8 Å². The molecule has 1 aromatic rings. The Labute approximate surface area is 157 Å². The molecule has 0 bridgehead atoms. The first-order valence-electron chi connectivity index (χ1n) is 7.27. The molecule has 2 atom stereocenters. The lowest BCUT2D eigenvalue weighted by Crippen LogP contribution is -2.39. The van der Waals surface area contributed by atoms with E-state index in [-0.39, 0.29) is 36.3 Å². The normalized spacial score (nSPS) is 20.0. The van der Waals surface area contributed by atoms with E-state index in [1.807, 2.05) is 6.92 Å². The fraction of sp³-hybridized carbons (Fsp3) is 0.533. The highest BCUT2D eigenvalue weighted by Gasteiger charge is 2.33. The molecule has 2 unspecified atom stereocenters. The zero-order valence-electron chi connectivity index (χ0n) is 13.0. The molecule has 130 valence electrons. The van der Waals surface area contributed by atoms with Crippen LogP contribution in [-0.2, 0) is 6.54 Å². The van der Waals surface area contributed by atoms with Gasteiger partial charge in [-0.05, 0) is 37.5 Å². The fourth-order valence-corrected chi connectivity index (χ4v) is 2.26. The number of halogens is 4. The second-order valence-electron chi connectivity index (χ2n) is 5.29. The van der Waals surface area contributed by atoms with Crippen LogP contribution in [0.5, 0.6) is 5.75 Å². The summed E-state index contributed by atoms with van der Waals surface area (Å²) in [6, 6.07) is 4.96. The Balaban J connectivity index is 0.00000264. The number of alkyl halides is 2. The van der Waals surface area contributed by atoms with E-state index in [0.29, 0.717) is 28.5 Å². The Morgan fingerprint density at radius 1 is 1.48 bits per heavy atom. The quantitative estimate of drug-likeness (QED) is 0.384. The van der Waals surface area contributed by atoms with Crippen LogP contribution in [0, 0.1) is 5.92 Å². The van der Waals surface area contributed by atoms with Gasteiger partial charge in [-0.1, -0.05) is 18.5 Å². The minimum Gasteiger partial charge on any atom is -0.434 e. The molecular formula is C15H21ClF2IN3O. The molecule has 4 nitrogen and oxygen atoms in total. The van der Waals surface area contributed by atoms with E-state index in [1.54, 1.807) is 6.07 Å². The summed E-state index contributed by atoms with van der Waals surface area (Å²) >= 11 is 5.92. The molecule has 1 fully saturated rings.